The van der Waals surface area contributed by atoms with Crippen LogP contribution in [0.15, 0.2) is 123 Å². The van der Waals surface area contributed by atoms with Gasteiger partial charge < -0.3 is 20.1 Å². The molecule has 10 aromatic rings. The highest BCUT2D eigenvalue weighted by atomic mass is 35.5. The zero-order valence-electron chi connectivity index (χ0n) is 45.2. The van der Waals surface area contributed by atoms with E-state index in [1.807, 2.05) is 52.0 Å². The maximum absolute atomic E-state index is 12.8. The van der Waals surface area contributed by atoms with Gasteiger partial charge in [0.1, 0.15) is 45.5 Å². The predicted octanol–water partition coefficient (Wildman–Crippen LogP) is 7.85. The molecule has 0 fully saturated rings. The number of aryl methyl sites for hydroxylation is 8. The molecule has 0 bridgehead atoms. The van der Waals surface area contributed by atoms with Crippen molar-refractivity contribution in [3.8, 4) is 28.8 Å². The van der Waals surface area contributed by atoms with Crippen molar-refractivity contribution in [1.82, 2.24) is 59.8 Å². The molecule has 28 heteroatoms. The van der Waals surface area contributed by atoms with Crippen LogP contribution in [0, 0.1) is 55.4 Å². The summed E-state index contributed by atoms with van der Waals surface area (Å²) in [5, 5.41) is 18.8. The number of pyridine rings is 4. The maximum Gasteiger partial charge on any atom is 0.277 e. The average molecular weight is 1080 g/mol. The highest BCUT2D eigenvalue weighted by Crippen LogP contribution is 2.32. The van der Waals surface area contributed by atoms with Crippen LogP contribution >= 0.6 is 11.6 Å². The van der Waals surface area contributed by atoms with Crippen molar-refractivity contribution in [2.24, 2.45) is 0 Å². The summed E-state index contributed by atoms with van der Waals surface area (Å²) >= 11 is 5.54. The molecule has 81 heavy (non-hydrogen) atoms. The Labute approximate surface area is 485 Å². The summed E-state index contributed by atoms with van der Waals surface area (Å²) in [7, 11) is 29.8. The van der Waals surface area contributed by atoms with Gasteiger partial charge in [0.2, 0.25) is 0 Å². The van der Waals surface area contributed by atoms with Crippen molar-refractivity contribution >= 4 is 123 Å². The molecule has 0 unspecified atom stereocenters. The van der Waals surface area contributed by atoms with Gasteiger partial charge in [-0.05, 0) is 144 Å². The van der Waals surface area contributed by atoms with Gasteiger partial charge in [0, 0.05) is 126 Å². The molecular weight excluding hydrogens is 1030 g/mol. The number of nitrogens with zero attached hydrogens (tertiary/aromatic N) is 11. The lowest BCUT2D eigenvalue weighted by Gasteiger charge is -2.11. The van der Waals surface area contributed by atoms with E-state index in [1.165, 1.54) is 29.3 Å². The Hall–Kier alpha value is -8.45. The Bertz CT molecular complexity index is 3690. The normalized spacial score (nSPS) is 10.1. The molecule has 2 amide bonds. The molecule has 3 N–H and O–H groups in total. The van der Waals surface area contributed by atoms with Crippen LogP contribution in [-0.2, 0) is 0 Å². The Kier molecular flexibility index (Phi) is 23.7. The molecule has 391 valence electrons. The van der Waals surface area contributed by atoms with Crippen LogP contribution in [0.25, 0.3) is 27.6 Å². The molecule has 0 aliphatic heterocycles. The van der Waals surface area contributed by atoms with E-state index >= 15 is 0 Å². The molecule has 0 saturated heterocycles. The first-order valence-electron chi connectivity index (χ1n) is 24.4. The Morgan fingerprint density at radius 1 is 0.580 bits per heavy atom. The number of benzene rings is 2. The van der Waals surface area contributed by atoms with Crippen LogP contribution in [0.1, 0.15) is 73.2 Å². The van der Waals surface area contributed by atoms with Crippen molar-refractivity contribution in [2.45, 2.75) is 62.8 Å². The van der Waals surface area contributed by atoms with Gasteiger partial charge in [-0.15, -0.1) is 0 Å². The van der Waals surface area contributed by atoms with Crippen molar-refractivity contribution in [3.05, 3.63) is 184 Å². The Morgan fingerprint density at radius 3 is 1.47 bits per heavy atom. The first kappa shape index (κ1) is 63.4. The summed E-state index contributed by atoms with van der Waals surface area (Å²) in [5.74, 6) is 3.25. The summed E-state index contributed by atoms with van der Waals surface area (Å²) in [6.07, 6.45) is 15.2. The lowest BCUT2D eigenvalue weighted by atomic mass is 8.97. The number of ether oxygens (including phenoxy) is 2. The second-order valence-electron chi connectivity index (χ2n) is 17.7. The number of carbonyl (C=O) groups excluding carboxylic acids is 2. The second-order valence-corrected chi connectivity index (χ2v) is 18.0. The molecule has 0 atom stereocenters. The molecule has 2 aromatic carbocycles. The van der Waals surface area contributed by atoms with Crippen LogP contribution in [-0.4, -0.2) is 138 Å². The quantitative estimate of drug-likeness (QED) is 0.111. The van der Waals surface area contributed by atoms with Gasteiger partial charge in [-0.3, -0.25) is 34.6 Å². The van der Waals surface area contributed by atoms with Gasteiger partial charge in [-0.25, -0.2) is 24.6 Å². The summed E-state index contributed by atoms with van der Waals surface area (Å²) in [4.78, 5) is 58.7. The van der Waals surface area contributed by atoms with E-state index in [0.29, 0.717) is 62.6 Å². The zero-order valence-corrected chi connectivity index (χ0v) is 45.9. The van der Waals surface area contributed by atoms with Gasteiger partial charge in [-0.1, -0.05) is 19.0 Å². The van der Waals surface area contributed by atoms with E-state index in [0.717, 1.165) is 33.1 Å². The highest BCUT2D eigenvalue weighted by molar-refractivity contribution is 7.60. The van der Waals surface area contributed by atoms with Crippen LogP contribution in [0.2, 0.25) is 5.15 Å². The summed E-state index contributed by atoms with van der Waals surface area (Å²) in [6, 6.07) is 18.8. The molecule has 0 aliphatic carbocycles. The van der Waals surface area contributed by atoms with E-state index in [4.69, 9.17) is 44.3 Å². The van der Waals surface area contributed by atoms with E-state index in [9.17, 15) is 9.59 Å². The van der Waals surface area contributed by atoms with E-state index in [1.54, 1.807) is 90.9 Å². The molecule has 0 spiro atoms. The fourth-order valence-electron chi connectivity index (χ4n) is 6.96. The third-order valence-corrected chi connectivity index (χ3v) is 11.7. The van der Waals surface area contributed by atoms with Gasteiger partial charge in [0.05, 0.1) is 41.0 Å². The van der Waals surface area contributed by atoms with Gasteiger partial charge in [0.15, 0.2) is 11.5 Å². The van der Waals surface area contributed by atoms with E-state index < -0.39 is 12.8 Å². The second kappa shape index (κ2) is 30.2. The van der Waals surface area contributed by atoms with Crippen molar-refractivity contribution in [3.63, 3.8) is 0 Å². The van der Waals surface area contributed by atoms with E-state index in [-0.39, 0.29) is 24.9 Å². The van der Waals surface area contributed by atoms with Crippen LogP contribution in [0.3, 0.4) is 0 Å². The molecular formula is C53H51B9ClN14O4. The highest BCUT2D eigenvalue weighted by Gasteiger charge is 2.18. The fraction of sp³-hybridized carbons (Fsp3) is 0.170. The van der Waals surface area contributed by atoms with Crippen LogP contribution < -0.4 is 20.1 Å². The third-order valence-electron chi connectivity index (χ3n) is 11.3. The Morgan fingerprint density at radius 2 is 1.05 bits per heavy atom. The number of aromatic nitrogens is 12. The lowest BCUT2D eigenvalue weighted by Crippen LogP contribution is -2.23. The number of halogens is 1. The van der Waals surface area contributed by atoms with Gasteiger partial charge in [-0.2, -0.15) is 10.2 Å². The number of nitrogens with one attached hydrogen (secondary N) is 3. The first-order chi connectivity index (χ1) is 38.2. The monoisotopic (exact) mass is 1080 g/mol. The molecule has 0 aliphatic rings. The molecule has 10 rings (SSSR count). The Balaban J connectivity index is 0.000000231. The summed E-state index contributed by atoms with van der Waals surface area (Å²) in [5.41, 5.74) is 10.1. The standard InChI is InChI=1S/C26H23N7O2.C21H19N5O2.C5H5ClN2.CH4.B5.B4/c1-15-11-20-21(12-16(15)2)28-8-7-22(20)35-19-5-6-23(30-13-19)31-26(34)24-17(3)14-33(32-24)25-18(4)27-9-10-29-25;1-12-8-16-17(9-13(12)2)22-7-6-18(16)28-15-4-5-19(23-11-15)25-21(27)20-14(3)10-24-26-20;1-4-5(6)8-3-2-7-4;;1-4-5(2)3;1-4(2)3/h5-14H,1-4H3,(H,30,31,34);4-11H,1-3H3,(H,24,26)(H,23,25,27);2-3H,1H3;1H4;;. The van der Waals surface area contributed by atoms with Crippen molar-refractivity contribution < 1.29 is 19.1 Å². The van der Waals surface area contributed by atoms with E-state index in [2.05, 4.69) is 129 Å². The molecule has 13 radical (unpaired) electrons. The van der Waals surface area contributed by atoms with Crippen molar-refractivity contribution in [2.75, 3.05) is 10.6 Å². The number of hydrogen-bond acceptors (Lipinski definition) is 14. The number of amides is 2. The number of anilines is 2. The number of aromatic amines is 1. The molecule has 8 aromatic heterocycles. The number of H-pyrrole nitrogens is 1. The SMILES string of the molecule is C.Cc1cc2nccc(Oc3ccc(NC(=O)c4[nH]ncc4C)nc3)c2cc1C.Cc1cc2nccc(Oc3ccc(NC(=O)c4nn(-c5nccnc5C)cc4C)nc3)c2cc1C.Cc1nccnc1Cl.[B]B([B])[B].[B][B]B([B])[B]. The van der Waals surface area contributed by atoms with Gasteiger partial charge >= 0.3 is 0 Å². The van der Waals surface area contributed by atoms with Crippen molar-refractivity contribution in [1.29, 1.82) is 0 Å². The minimum absolute atomic E-state index is 0. The number of rotatable bonds is 10. The molecule has 8 heterocycles. The third kappa shape index (κ3) is 18.3. The van der Waals surface area contributed by atoms with Crippen LogP contribution in [0.5, 0.6) is 23.0 Å². The minimum Gasteiger partial charge on any atom is -0.455 e. The maximum atomic E-state index is 12.8. The number of carbonyl (C=O) groups is 2. The summed E-state index contributed by atoms with van der Waals surface area (Å²) in [6.45, 7) is 15.5. The van der Waals surface area contributed by atoms with Gasteiger partial charge in [0.25, 0.3) is 11.8 Å². The smallest absolute Gasteiger partial charge is 0.277 e. The first-order valence-corrected chi connectivity index (χ1v) is 24.8. The topological polar surface area (TPSA) is 226 Å². The molecule has 0 saturated carbocycles. The predicted molar refractivity (Wildman–Crippen MR) is 329 cm³/mol. The number of hydrogen-bond donors (Lipinski definition) is 3. The number of fused-ring (bicyclic) bond motifs is 2. The minimum atomic E-state index is -0.667. The average Bonchev–Trinajstić information content (AvgIpc) is 4.05. The van der Waals surface area contributed by atoms with Crippen LogP contribution in [0.4, 0.5) is 11.6 Å². The largest absolute Gasteiger partial charge is 0.455 e. The fourth-order valence-corrected chi connectivity index (χ4v) is 7.07. The zero-order chi connectivity index (χ0) is 58.0. The molecule has 18 nitrogen and oxygen atoms in total. The summed E-state index contributed by atoms with van der Waals surface area (Å²) < 4.78 is 13.6. The lowest BCUT2D eigenvalue weighted by molar-refractivity contribution is 0.101.